The van der Waals surface area contributed by atoms with Gasteiger partial charge >= 0.3 is 0 Å². The molecule has 35 heavy (non-hydrogen) atoms. The fourth-order valence-electron chi connectivity index (χ4n) is 5.34. The van der Waals surface area contributed by atoms with Gasteiger partial charge in [0, 0.05) is 56.8 Å². The molecule has 2 saturated heterocycles. The number of hydrogen-bond donors (Lipinski definition) is 3. The van der Waals surface area contributed by atoms with Gasteiger partial charge in [-0.05, 0) is 42.0 Å². The molecular weight excluding hydrogens is 442 g/mol. The quantitative estimate of drug-likeness (QED) is 0.525. The number of piperidine rings is 2. The van der Waals surface area contributed by atoms with Crippen molar-refractivity contribution in [2.24, 2.45) is 5.73 Å². The third-order valence-corrected chi connectivity index (χ3v) is 7.50. The lowest BCUT2D eigenvalue weighted by Crippen LogP contribution is -2.55. The van der Waals surface area contributed by atoms with Crippen molar-refractivity contribution in [2.75, 3.05) is 19.6 Å². The summed E-state index contributed by atoms with van der Waals surface area (Å²) in [5.74, 6) is -0.798. The number of hydrogen-bond acceptors (Lipinski definition) is 6. The summed E-state index contributed by atoms with van der Waals surface area (Å²) < 4.78 is 0. The normalized spacial score (nSPS) is 22.3. The molecule has 3 aliphatic rings. The Bertz CT molecular complexity index is 1110. The van der Waals surface area contributed by atoms with Gasteiger partial charge in [0.1, 0.15) is 6.04 Å². The molecule has 5 rings (SSSR count). The smallest absolute Gasteiger partial charge is 0.255 e. The number of benzene rings is 2. The van der Waals surface area contributed by atoms with Crippen LogP contribution in [0.5, 0.6) is 0 Å². The van der Waals surface area contributed by atoms with Gasteiger partial charge < -0.3 is 16.0 Å². The van der Waals surface area contributed by atoms with Gasteiger partial charge in [-0.3, -0.25) is 24.6 Å². The second-order valence-electron chi connectivity index (χ2n) is 10.1. The van der Waals surface area contributed by atoms with Crippen LogP contribution in [0.2, 0.25) is 0 Å². The Kier molecular flexibility index (Phi) is 6.69. The minimum Gasteiger partial charge on any atom is -0.324 e. The Morgan fingerprint density at radius 2 is 1.80 bits per heavy atom. The van der Waals surface area contributed by atoms with Crippen LogP contribution in [0.25, 0.3) is 0 Å². The Labute approximate surface area is 205 Å². The van der Waals surface area contributed by atoms with Crippen molar-refractivity contribution >= 4 is 17.7 Å². The molecule has 0 aliphatic carbocycles. The van der Waals surface area contributed by atoms with Gasteiger partial charge in [-0.2, -0.15) is 0 Å². The van der Waals surface area contributed by atoms with Crippen molar-refractivity contribution in [3.63, 3.8) is 0 Å². The minimum absolute atomic E-state index is 0.141. The molecule has 0 bridgehead atoms. The summed E-state index contributed by atoms with van der Waals surface area (Å²) >= 11 is 0. The third kappa shape index (κ3) is 5.29. The van der Waals surface area contributed by atoms with Gasteiger partial charge in [0.05, 0.1) is 0 Å². The van der Waals surface area contributed by atoms with Crippen molar-refractivity contribution in [3.05, 3.63) is 70.8 Å². The van der Waals surface area contributed by atoms with Gasteiger partial charge in [-0.15, -0.1) is 0 Å². The van der Waals surface area contributed by atoms with Crippen LogP contribution in [0.3, 0.4) is 0 Å². The number of nitrogens with two attached hydrogens (primary N) is 1. The van der Waals surface area contributed by atoms with Crippen LogP contribution < -0.4 is 16.4 Å². The van der Waals surface area contributed by atoms with Gasteiger partial charge in [0.25, 0.3) is 5.91 Å². The number of fused-ring (bicyclic) bond motifs is 1. The Morgan fingerprint density at radius 1 is 1.03 bits per heavy atom. The fourth-order valence-corrected chi connectivity index (χ4v) is 5.34. The summed E-state index contributed by atoms with van der Waals surface area (Å²) in [4.78, 5) is 40.8. The predicted molar refractivity (Wildman–Crippen MR) is 132 cm³/mol. The van der Waals surface area contributed by atoms with E-state index in [1.54, 1.807) is 4.90 Å². The van der Waals surface area contributed by atoms with Gasteiger partial charge in [0.2, 0.25) is 11.8 Å². The van der Waals surface area contributed by atoms with E-state index in [1.165, 1.54) is 5.56 Å². The molecule has 3 heterocycles. The summed E-state index contributed by atoms with van der Waals surface area (Å²) in [7, 11) is 0. The van der Waals surface area contributed by atoms with E-state index in [1.807, 2.05) is 24.3 Å². The van der Waals surface area contributed by atoms with Crippen molar-refractivity contribution in [2.45, 2.75) is 56.9 Å². The highest BCUT2D eigenvalue weighted by Gasteiger charge is 2.39. The second kappa shape index (κ2) is 9.89. The van der Waals surface area contributed by atoms with Gasteiger partial charge in [0.15, 0.2) is 0 Å². The lowest BCUT2D eigenvalue weighted by atomic mass is 9.88. The van der Waals surface area contributed by atoms with E-state index in [2.05, 4.69) is 39.8 Å². The zero-order chi connectivity index (χ0) is 24.4. The average molecular weight is 476 g/mol. The Morgan fingerprint density at radius 3 is 2.54 bits per heavy atom. The van der Waals surface area contributed by atoms with E-state index in [-0.39, 0.29) is 29.7 Å². The van der Waals surface area contributed by atoms with E-state index in [4.69, 9.17) is 5.73 Å². The highest BCUT2D eigenvalue weighted by Crippen LogP contribution is 2.28. The Hall–Kier alpha value is -3.07. The maximum absolute atomic E-state index is 13.0. The maximum Gasteiger partial charge on any atom is 0.255 e. The number of likely N-dealkylation sites (tertiary alicyclic amines) is 1. The highest BCUT2D eigenvalue weighted by molar-refractivity contribution is 6.05. The zero-order valence-electron chi connectivity index (χ0n) is 20.0. The van der Waals surface area contributed by atoms with Crippen LogP contribution >= 0.6 is 0 Å². The first-order chi connectivity index (χ1) is 16.9. The molecular formula is C27H33N5O3. The molecule has 8 nitrogen and oxygen atoms in total. The number of rotatable bonds is 7. The summed E-state index contributed by atoms with van der Waals surface area (Å²) in [6, 6.07) is 15.9. The molecule has 0 aromatic heterocycles. The van der Waals surface area contributed by atoms with Gasteiger partial charge in [-0.1, -0.05) is 42.5 Å². The standard InChI is InChI=1S/C27H33N5O3/c28-27(10-12-31(13-11-27)16-19-4-2-1-3-5-19)18-29-15-20-6-7-21-17-32(26(35)22(21)14-20)23-8-9-24(33)30-25(23)34/h1-7,14,23,29H,8-13,15-18,28H2,(H,30,33,34). The van der Waals surface area contributed by atoms with Crippen molar-refractivity contribution in [1.82, 2.24) is 20.4 Å². The summed E-state index contributed by atoms with van der Waals surface area (Å²) in [6.07, 6.45) is 2.52. The molecule has 8 heteroatoms. The van der Waals surface area contributed by atoms with Crippen molar-refractivity contribution < 1.29 is 14.4 Å². The predicted octanol–water partition coefficient (Wildman–Crippen LogP) is 1.53. The number of nitrogens with one attached hydrogen (secondary N) is 2. The molecule has 0 radical (unpaired) electrons. The van der Waals surface area contributed by atoms with Crippen LogP contribution in [-0.4, -0.2) is 58.7 Å². The van der Waals surface area contributed by atoms with Crippen LogP contribution in [0.4, 0.5) is 0 Å². The molecule has 2 aromatic rings. The Balaban J connectivity index is 1.12. The van der Waals surface area contributed by atoms with Crippen LogP contribution in [0, 0.1) is 0 Å². The second-order valence-corrected chi connectivity index (χ2v) is 10.1. The van der Waals surface area contributed by atoms with E-state index >= 15 is 0 Å². The lowest BCUT2D eigenvalue weighted by Gasteiger charge is -2.39. The zero-order valence-corrected chi connectivity index (χ0v) is 20.0. The molecule has 184 valence electrons. The summed E-state index contributed by atoms with van der Waals surface area (Å²) in [6.45, 7) is 4.68. The molecule has 1 atom stereocenters. The number of carbonyl (C=O) groups is 3. The van der Waals surface area contributed by atoms with Crippen LogP contribution in [0.15, 0.2) is 48.5 Å². The molecule has 2 fully saturated rings. The first-order valence-corrected chi connectivity index (χ1v) is 12.4. The molecule has 3 aliphatic heterocycles. The molecule has 0 spiro atoms. The van der Waals surface area contributed by atoms with E-state index in [0.717, 1.165) is 50.1 Å². The van der Waals surface area contributed by atoms with Crippen molar-refractivity contribution in [3.8, 4) is 0 Å². The summed E-state index contributed by atoms with van der Waals surface area (Å²) in [5.41, 5.74) is 10.4. The first-order valence-electron chi connectivity index (χ1n) is 12.4. The monoisotopic (exact) mass is 475 g/mol. The summed E-state index contributed by atoms with van der Waals surface area (Å²) in [5, 5.41) is 5.84. The topological polar surface area (TPSA) is 108 Å². The van der Waals surface area contributed by atoms with E-state index in [0.29, 0.717) is 25.1 Å². The molecule has 4 N–H and O–H groups in total. The fraction of sp³-hybridized carbons (Fsp3) is 0.444. The molecule has 1 unspecified atom stereocenters. The van der Waals surface area contributed by atoms with Crippen LogP contribution in [-0.2, 0) is 29.2 Å². The lowest BCUT2D eigenvalue weighted by molar-refractivity contribution is -0.136. The number of imide groups is 1. The number of carbonyl (C=O) groups excluding carboxylic acids is 3. The largest absolute Gasteiger partial charge is 0.324 e. The molecule has 3 amide bonds. The minimum atomic E-state index is -0.584. The van der Waals surface area contributed by atoms with Crippen molar-refractivity contribution in [1.29, 1.82) is 0 Å². The maximum atomic E-state index is 13.0. The number of amides is 3. The van der Waals surface area contributed by atoms with Gasteiger partial charge in [-0.25, -0.2) is 0 Å². The first kappa shape index (κ1) is 23.7. The number of nitrogens with zero attached hydrogens (tertiary/aromatic N) is 2. The average Bonchev–Trinajstić information content (AvgIpc) is 3.17. The van der Waals surface area contributed by atoms with E-state index < -0.39 is 6.04 Å². The van der Waals surface area contributed by atoms with Crippen LogP contribution in [0.1, 0.15) is 52.7 Å². The molecule has 2 aromatic carbocycles. The third-order valence-electron chi connectivity index (χ3n) is 7.50. The highest BCUT2D eigenvalue weighted by atomic mass is 16.2. The SMILES string of the molecule is NC1(CNCc2ccc3c(c2)C(=O)N(C2CCC(=O)NC2=O)C3)CCN(Cc2ccccc2)CC1. The van der Waals surface area contributed by atoms with E-state index in [9.17, 15) is 14.4 Å². The molecule has 0 saturated carbocycles.